The molecule has 1 aromatic heterocycles. The first-order valence-electron chi connectivity index (χ1n) is 7.14. The van der Waals surface area contributed by atoms with Crippen LogP contribution < -0.4 is 0 Å². The number of aromatic nitrogens is 1. The van der Waals surface area contributed by atoms with Crippen molar-refractivity contribution in [2.45, 2.75) is 26.0 Å². The van der Waals surface area contributed by atoms with Crippen molar-refractivity contribution in [1.82, 2.24) is 9.88 Å². The Hall–Kier alpha value is -1.79. The van der Waals surface area contributed by atoms with Crippen LogP contribution in [0.1, 0.15) is 21.1 Å². The highest BCUT2D eigenvalue weighted by molar-refractivity contribution is 7.11. The summed E-state index contributed by atoms with van der Waals surface area (Å²) in [4.78, 5) is 19.9. The van der Waals surface area contributed by atoms with Gasteiger partial charge in [-0.2, -0.15) is 0 Å². The first-order chi connectivity index (χ1) is 10.7. The van der Waals surface area contributed by atoms with Gasteiger partial charge in [-0.15, -0.1) is 11.3 Å². The Labute approximate surface area is 132 Å². The van der Waals surface area contributed by atoms with Crippen LogP contribution in [0.4, 0.5) is 4.39 Å². The second-order valence-electron chi connectivity index (χ2n) is 5.28. The first kappa shape index (κ1) is 15.1. The average Bonchev–Trinajstić information content (AvgIpc) is 2.91. The van der Waals surface area contributed by atoms with Crippen LogP contribution >= 0.6 is 11.3 Å². The van der Waals surface area contributed by atoms with Crippen molar-refractivity contribution in [3.63, 3.8) is 0 Å². The molecule has 6 heteroatoms. The van der Waals surface area contributed by atoms with E-state index < -0.39 is 0 Å². The third-order valence-corrected chi connectivity index (χ3v) is 4.72. The van der Waals surface area contributed by atoms with Crippen LogP contribution in [0.5, 0.6) is 0 Å². The summed E-state index contributed by atoms with van der Waals surface area (Å²) >= 11 is 1.61. The van der Waals surface area contributed by atoms with Gasteiger partial charge in [0, 0.05) is 25.0 Å². The van der Waals surface area contributed by atoms with Gasteiger partial charge in [0.25, 0.3) is 0 Å². The lowest BCUT2D eigenvalue weighted by Crippen LogP contribution is -2.36. The van der Waals surface area contributed by atoms with Gasteiger partial charge < -0.3 is 9.64 Å². The predicted molar refractivity (Wildman–Crippen MR) is 82.1 cm³/mol. The molecular weight excluding hydrogens is 303 g/mol. The van der Waals surface area contributed by atoms with Gasteiger partial charge >= 0.3 is 0 Å². The molecular formula is C16H17FN2O2S. The van der Waals surface area contributed by atoms with E-state index in [0.29, 0.717) is 26.1 Å². The van der Waals surface area contributed by atoms with E-state index in [9.17, 15) is 9.18 Å². The average molecular weight is 320 g/mol. The molecule has 1 aliphatic rings. The lowest BCUT2D eigenvalue weighted by molar-refractivity contribution is -0.131. The minimum absolute atomic E-state index is 0.0685. The van der Waals surface area contributed by atoms with Crippen molar-refractivity contribution in [3.05, 3.63) is 51.2 Å². The molecule has 1 aromatic carbocycles. The molecule has 0 atom stereocenters. The molecule has 0 aliphatic carbocycles. The van der Waals surface area contributed by atoms with E-state index in [0.717, 1.165) is 27.6 Å². The van der Waals surface area contributed by atoms with Crippen LogP contribution in [0.3, 0.4) is 0 Å². The van der Waals surface area contributed by atoms with Gasteiger partial charge in [-0.05, 0) is 17.7 Å². The molecule has 0 unspecified atom stereocenters. The highest BCUT2D eigenvalue weighted by atomic mass is 32.1. The number of hydrogen-bond donors (Lipinski definition) is 0. The van der Waals surface area contributed by atoms with Gasteiger partial charge in [0.15, 0.2) is 0 Å². The van der Waals surface area contributed by atoms with Crippen molar-refractivity contribution in [1.29, 1.82) is 0 Å². The molecule has 0 saturated carbocycles. The van der Waals surface area contributed by atoms with E-state index in [1.807, 2.05) is 4.90 Å². The molecule has 0 saturated heterocycles. The number of benzene rings is 1. The molecule has 2 aromatic rings. The van der Waals surface area contributed by atoms with Crippen molar-refractivity contribution in [2.75, 3.05) is 13.7 Å². The van der Waals surface area contributed by atoms with Crippen LogP contribution in [0.25, 0.3) is 0 Å². The summed E-state index contributed by atoms with van der Waals surface area (Å²) < 4.78 is 18.0. The number of fused-ring (bicyclic) bond motifs is 1. The number of ether oxygens (including phenoxy) is 1. The maximum atomic E-state index is 12.9. The number of halogens is 1. The fourth-order valence-electron chi connectivity index (χ4n) is 2.54. The highest BCUT2D eigenvalue weighted by Gasteiger charge is 2.24. The van der Waals surface area contributed by atoms with Gasteiger partial charge in [-0.1, -0.05) is 12.1 Å². The summed E-state index contributed by atoms with van der Waals surface area (Å²) in [5.74, 6) is -0.215. The molecule has 22 heavy (non-hydrogen) atoms. The second-order valence-corrected chi connectivity index (χ2v) is 6.45. The molecule has 2 heterocycles. The van der Waals surface area contributed by atoms with Crippen LogP contribution in [-0.2, 0) is 35.5 Å². The zero-order chi connectivity index (χ0) is 15.5. The number of carbonyl (C=O) groups is 1. The summed E-state index contributed by atoms with van der Waals surface area (Å²) in [6, 6.07) is 6.09. The SMILES string of the molecule is COCc1nc2c(s1)CN(C(=O)Cc1ccc(F)cc1)CC2. The monoisotopic (exact) mass is 320 g/mol. The summed E-state index contributed by atoms with van der Waals surface area (Å²) in [5, 5.41) is 0.959. The zero-order valence-corrected chi connectivity index (χ0v) is 13.2. The van der Waals surface area contributed by atoms with Gasteiger partial charge in [0.2, 0.25) is 5.91 Å². The fourth-order valence-corrected chi connectivity index (χ4v) is 3.64. The molecule has 0 fully saturated rings. The van der Waals surface area contributed by atoms with Crippen molar-refractivity contribution < 1.29 is 13.9 Å². The molecule has 4 nitrogen and oxygen atoms in total. The molecule has 1 aliphatic heterocycles. The second kappa shape index (κ2) is 6.54. The Morgan fingerprint density at radius 1 is 1.41 bits per heavy atom. The number of nitrogens with zero attached hydrogens (tertiary/aromatic N) is 2. The molecule has 0 spiro atoms. The smallest absolute Gasteiger partial charge is 0.227 e. The molecule has 3 rings (SSSR count). The third kappa shape index (κ3) is 3.34. The minimum Gasteiger partial charge on any atom is -0.378 e. The largest absolute Gasteiger partial charge is 0.378 e. The van der Waals surface area contributed by atoms with E-state index in [2.05, 4.69) is 4.98 Å². The molecule has 116 valence electrons. The normalized spacial score (nSPS) is 14.0. The summed E-state index contributed by atoms with van der Waals surface area (Å²) in [6.07, 6.45) is 1.09. The molecule has 0 N–H and O–H groups in total. The fraction of sp³-hybridized carbons (Fsp3) is 0.375. The maximum Gasteiger partial charge on any atom is 0.227 e. The number of thiazole rings is 1. The molecule has 0 radical (unpaired) electrons. The Morgan fingerprint density at radius 2 is 2.18 bits per heavy atom. The lowest BCUT2D eigenvalue weighted by Gasteiger charge is -2.26. The van der Waals surface area contributed by atoms with E-state index in [4.69, 9.17) is 4.74 Å². The van der Waals surface area contributed by atoms with E-state index >= 15 is 0 Å². The van der Waals surface area contributed by atoms with Crippen LogP contribution in [0.15, 0.2) is 24.3 Å². The van der Waals surface area contributed by atoms with Gasteiger partial charge in [0.1, 0.15) is 10.8 Å². The number of carbonyl (C=O) groups excluding carboxylic acids is 1. The number of amides is 1. The van der Waals surface area contributed by atoms with Crippen molar-refractivity contribution in [2.24, 2.45) is 0 Å². The van der Waals surface area contributed by atoms with E-state index in [1.165, 1.54) is 12.1 Å². The van der Waals surface area contributed by atoms with Gasteiger partial charge in [0.05, 0.1) is 25.3 Å². The predicted octanol–water partition coefficient (Wildman–Crippen LogP) is 2.56. The van der Waals surface area contributed by atoms with Crippen LogP contribution in [-0.4, -0.2) is 29.4 Å². The third-order valence-electron chi connectivity index (χ3n) is 3.66. The molecule has 0 bridgehead atoms. The first-order valence-corrected chi connectivity index (χ1v) is 7.96. The standard InChI is InChI=1S/C16H17FN2O2S/c1-21-10-15-18-13-6-7-19(9-14(13)22-15)16(20)8-11-2-4-12(17)5-3-11/h2-5H,6-10H2,1H3. The lowest BCUT2D eigenvalue weighted by atomic mass is 10.1. The van der Waals surface area contributed by atoms with Crippen molar-refractivity contribution in [3.8, 4) is 0 Å². The minimum atomic E-state index is -0.283. The van der Waals surface area contributed by atoms with Gasteiger partial charge in [-0.3, -0.25) is 4.79 Å². The number of hydrogen-bond acceptors (Lipinski definition) is 4. The number of methoxy groups -OCH3 is 1. The number of rotatable bonds is 4. The van der Waals surface area contributed by atoms with E-state index in [-0.39, 0.29) is 11.7 Å². The summed E-state index contributed by atoms with van der Waals surface area (Å²) in [6.45, 7) is 1.81. The maximum absolute atomic E-state index is 12.9. The van der Waals surface area contributed by atoms with Crippen LogP contribution in [0.2, 0.25) is 0 Å². The quantitative estimate of drug-likeness (QED) is 0.869. The summed E-state index contributed by atoms with van der Waals surface area (Å²) in [7, 11) is 1.65. The molecule has 1 amide bonds. The van der Waals surface area contributed by atoms with Crippen molar-refractivity contribution >= 4 is 17.2 Å². The highest BCUT2D eigenvalue weighted by Crippen LogP contribution is 2.26. The Bertz CT molecular complexity index is 669. The topological polar surface area (TPSA) is 42.4 Å². The van der Waals surface area contributed by atoms with E-state index in [1.54, 1.807) is 30.6 Å². The van der Waals surface area contributed by atoms with Gasteiger partial charge in [-0.25, -0.2) is 9.37 Å². The summed E-state index contributed by atoms with van der Waals surface area (Å²) in [5.41, 5.74) is 1.92. The Morgan fingerprint density at radius 3 is 2.91 bits per heavy atom. The zero-order valence-electron chi connectivity index (χ0n) is 12.3. The van der Waals surface area contributed by atoms with Crippen LogP contribution in [0, 0.1) is 5.82 Å². The Kier molecular flexibility index (Phi) is 4.49. The Balaban J connectivity index is 1.65.